The molecule has 3 aromatic heterocycles. The van der Waals surface area contributed by atoms with Crippen LogP contribution in [0.2, 0.25) is 0 Å². The molecule has 1 aliphatic rings. The van der Waals surface area contributed by atoms with Gasteiger partial charge in [-0.1, -0.05) is 133 Å². The van der Waals surface area contributed by atoms with Crippen LogP contribution in [-0.4, -0.2) is 20.0 Å². The van der Waals surface area contributed by atoms with Gasteiger partial charge in [-0.15, -0.1) is 0 Å². The van der Waals surface area contributed by atoms with Crippen molar-refractivity contribution in [3.05, 3.63) is 187 Å². The first-order valence-corrected chi connectivity index (χ1v) is 17.0. The molecule has 1 aliphatic heterocycles. The quantitative estimate of drug-likeness (QED) is 0.196. The first kappa shape index (κ1) is 28.5. The smallest absolute Gasteiger partial charge is 0.137 e. The number of rotatable bonds is 5. The van der Waals surface area contributed by atoms with Gasteiger partial charge < -0.3 is 9.88 Å². The van der Waals surface area contributed by atoms with Crippen LogP contribution >= 0.6 is 0 Å². The summed E-state index contributed by atoms with van der Waals surface area (Å²) in [5, 5.41) is 12.2. The molecule has 50 heavy (non-hydrogen) atoms. The van der Waals surface area contributed by atoms with Crippen molar-refractivity contribution < 1.29 is 0 Å². The monoisotopic (exact) mass is 644 g/mol. The van der Waals surface area contributed by atoms with Crippen molar-refractivity contribution in [3.8, 4) is 11.5 Å². The zero-order valence-corrected chi connectivity index (χ0v) is 27.1. The Morgan fingerprint density at radius 1 is 0.480 bits per heavy atom. The Bertz CT molecular complexity index is 2690. The highest BCUT2D eigenvalue weighted by Gasteiger charge is 2.26. The van der Waals surface area contributed by atoms with Crippen LogP contribution in [0.3, 0.4) is 0 Å². The van der Waals surface area contributed by atoms with Crippen molar-refractivity contribution in [1.82, 2.24) is 24.8 Å². The van der Waals surface area contributed by atoms with E-state index in [1.54, 1.807) is 0 Å². The van der Waals surface area contributed by atoms with Crippen molar-refractivity contribution >= 4 is 49.4 Å². The number of para-hydroxylation sites is 3. The molecular formula is C44H32N6. The van der Waals surface area contributed by atoms with E-state index in [1.165, 1.54) is 32.6 Å². The van der Waals surface area contributed by atoms with Crippen LogP contribution < -0.4 is 10.6 Å². The van der Waals surface area contributed by atoms with E-state index < -0.39 is 0 Å². The van der Waals surface area contributed by atoms with Gasteiger partial charge in [-0.05, 0) is 35.9 Å². The Morgan fingerprint density at radius 3 is 1.72 bits per heavy atom. The SMILES string of the molecule is c1ccc(C2=NC(c3ccc(-n4c5ccccc5c5ccc6c7ccccc7n(-c7ccccc7)c6c54)nc3)NC(c3ccccc3)N2)cc1. The van der Waals surface area contributed by atoms with Gasteiger partial charge >= 0.3 is 0 Å². The Hall–Kier alpha value is -6.50. The second-order valence-corrected chi connectivity index (χ2v) is 12.7. The number of hydrogen-bond donors (Lipinski definition) is 2. The molecule has 0 aliphatic carbocycles. The number of benzene rings is 6. The average molecular weight is 645 g/mol. The molecule has 0 saturated carbocycles. The Balaban J connectivity index is 1.16. The molecule has 4 heterocycles. The molecule has 0 amide bonds. The van der Waals surface area contributed by atoms with E-state index in [0.717, 1.165) is 45.1 Å². The third-order valence-corrected chi connectivity index (χ3v) is 9.84. The molecule has 6 nitrogen and oxygen atoms in total. The lowest BCUT2D eigenvalue weighted by molar-refractivity contribution is 0.408. The highest BCUT2D eigenvalue weighted by atomic mass is 15.3. The van der Waals surface area contributed by atoms with Crippen LogP contribution in [0, 0.1) is 0 Å². The lowest BCUT2D eigenvalue weighted by atomic mass is 10.1. The van der Waals surface area contributed by atoms with E-state index in [4.69, 9.17) is 9.98 Å². The van der Waals surface area contributed by atoms with Crippen molar-refractivity contribution in [1.29, 1.82) is 0 Å². The van der Waals surface area contributed by atoms with Crippen molar-refractivity contribution in [2.45, 2.75) is 12.3 Å². The molecule has 2 unspecified atom stereocenters. The molecule has 10 rings (SSSR count). The van der Waals surface area contributed by atoms with Crippen LogP contribution in [0.4, 0.5) is 0 Å². The summed E-state index contributed by atoms with van der Waals surface area (Å²) < 4.78 is 4.73. The number of fused-ring (bicyclic) bond motifs is 7. The van der Waals surface area contributed by atoms with E-state index in [2.05, 4.69) is 159 Å². The third kappa shape index (κ3) is 4.54. The fraction of sp³-hybridized carbons (Fsp3) is 0.0455. The molecule has 238 valence electrons. The minimum atomic E-state index is -0.288. The van der Waals surface area contributed by atoms with Gasteiger partial charge in [0.1, 0.15) is 24.0 Å². The second kappa shape index (κ2) is 11.6. The van der Waals surface area contributed by atoms with Gasteiger partial charge in [-0.2, -0.15) is 0 Å². The van der Waals surface area contributed by atoms with Crippen LogP contribution in [0.1, 0.15) is 29.0 Å². The van der Waals surface area contributed by atoms with Crippen molar-refractivity contribution in [3.63, 3.8) is 0 Å². The molecule has 0 spiro atoms. The number of nitrogens with one attached hydrogen (secondary N) is 2. The molecular weight excluding hydrogens is 613 g/mol. The van der Waals surface area contributed by atoms with Crippen molar-refractivity contribution in [2.75, 3.05) is 0 Å². The van der Waals surface area contributed by atoms with Crippen LogP contribution in [0.15, 0.2) is 175 Å². The highest BCUT2D eigenvalue weighted by Crippen LogP contribution is 2.41. The van der Waals surface area contributed by atoms with Gasteiger partial charge in [0.15, 0.2) is 0 Å². The summed E-state index contributed by atoms with van der Waals surface area (Å²) in [6, 6.07) is 57.6. The normalized spacial score (nSPS) is 16.2. The summed E-state index contributed by atoms with van der Waals surface area (Å²) in [7, 11) is 0. The lowest BCUT2D eigenvalue weighted by Gasteiger charge is -2.32. The highest BCUT2D eigenvalue weighted by molar-refractivity contribution is 6.23. The molecule has 2 N–H and O–H groups in total. The fourth-order valence-corrected chi connectivity index (χ4v) is 7.57. The largest absolute Gasteiger partial charge is 0.350 e. The topological polar surface area (TPSA) is 59.2 Å². The van der Waals surface area contributed by atoms with Gasteiger partial charge in [0, 0.05) is 44.6 Å². The fourth-order valence-electron chi connectivity index (χ4n) is 7.57. The summed E-state index contributed by atoms with van der Waals surface area (Å²) >= 11 is 0. The molecule has 6 aromatic carbocycles. The summed E-state index contributed by atoms with van der Waals surface area (Å²) in [6.45, 7) is 0. The minimum absolute atomic E-state index is 0.112. The number of hydrogen-bond acceptors (Lipinski definition) is 4. The number of nitrogens with zero attached hydrogens (tertiary/aromatic N) is 4. The molecule has 0 radical (unpaired) electrons. The maximum atomic E-state index is 5.18. The van der Waals surface area contributed by atoms with E-state index >= 15 is 0 Å². The summed E-state index contributed by atoms with van der Waals surface area (Å²) in [5.41, 5.74) is 8.92. The number of aromatic nitrogens is 3. The van der Waals surface area contributed by atoms with E-state index in [1.807, 2.05) is 30.5 Å². The zero-order chi connectivity index (χ0) is 33.0. The minimum Gasteiger partial charge on any atom is -0.350 e. The lowest BCUT2D eigenvalue weighted by Crippen LogP contribution is -2.44. The number of pyridine rings is 1. The first-order chi connectivity index (χ1) is 24.8. The van der Waals surface area contributed by atoms with Gasteiger partial charge in [0.25, 0.3) is 0 Å². The predicted octanol–water partition coefficient (Wildman–Crippen LogP) is 9.61. The molecule has 0 saturated heterocycles. The molecule has 0 fully saturated rings. The average Bonchev–Trinajstić information content (AvgIpc) is 3.72. The van der Waals surface area contributed by atoms with Gasteiger partial charge in [0.05, 0.1) is 22.1 Å². The maximum absolute atomic E-state index is 5.18. The van der Waals surface area contributed by atoms with E-state index in [0.29, 0.717) is 0 Å². The standard InChI is InChI=1S/C44H32N6/c1-4-14-29(15-5-1)42-46-43(30-16-6-2-7-17-30)48-44(47-42)31-24-27-39(45-28-31)50-38-23-13-11-21-34(38)36-26-25-35-33-20-10-12-22-37(33)49(40(35)41(36)50)32-18-8-3-9-19-32/h1-28,42,44,47H,(H,46,48). The first-order valence-electron chi connectivity index (χ1n) is 17.0. The maximum Gasteiger partial charge on any atom is 0.137 e. The van der Waals surface area contributed by atoms with E-state index in [9.17, 15) is 0 Å². The second-order valence-electron chi connectivity index (χ2n) is 12.7. The third-order valence-electron chi connectivity index (χ3n) is 9.84. The Morgan fingerprint density at radius 2 is 1.06 bits per heavy atom. The Kier molecular flexibility index (Phi) is 6.60. The van der Waals surface area contributed by atoms with Gasteiger partial charge in [0.2, 0.25) is 0 Å². The summed E-state index contributed by atoms with van der Waals surface area (Å²) in [5.74, 6) is 1.71. The number of aliphatic imine (C=N–C) groups is 1. The zero-order valence-electron chi connectivity index (χ0n) is 27.1. The van der Waals surface area contributed by atoms with Crippen LogP contribution in [-0.2, 0) is 0 Å². The molecule has 0 bridgehead atoms. The summed E-state index contributed by atoms with van der Waals surface area (Å²) in [4.78, 5) is 10.3. The molecule has 6 heteroatoms. The summed E-state index contributed by atoms with van der Waals surface area (Å²) in [6.07, 6.45) is 1.57. The number of amidine groups is 1. The predicted molar refractivity (Wildman–Crippen MR) is 204 cm³/mol. The van der Waals surface area contributed by atoms with Crippen LogP contribution in [0.25, 0.3) is 55.1 Å². The molecule has 9 aromatic rings. The van der Waals surface area contributed by atoms with E-state index in [-0.39, 0.29) is 12.3 Å². The van der Waals surface area contributed by atoms with Gasteiger partial charge in [-0.3, -0.25) is 9.88 Å². The van der Waals surface area contributed by atoms with Gasteiger partial charge in [-0.25, -0.2) is 9.98 Å². The van der Waals surface area contributed by atoms with Crippen LogP contribution in [0.5, 0.6) is 0 Å². The van der Waals surface area contributed by atoms with Crippen molar-refractivity contribution in [2.24, 2.45) is 4.99 Å². The molecule has 2 atom stereocenters. The Labute approximate surface area is 289 Å².